The van der Waals surface area contributed by atoms with Gasteiger partial charge in [-0.05, 0) is 42.0 Å². The predicted octanol–water partition coefficient (Wildman–Crippen LogP) is 3.06. The molecule has 2 rings (SSSR count). The first-order valence-electron chi connectivity index (χ1n) is 7.89. The van der Waals surface area contributed by atoms with Gasteiger partial charge in [0.15, 0.2) is 0 Å². The summed E-state index contributed by atoms with van der Waals surface area (Å²) < 4.78 is 6.45. The Hall–Kier alpha value is -1.92. The molecular formula is C18H22O5S. The van der Waals surface area contributed by atoms with Crippen molar-refractivity contribution in [2.45, 2.75) is 32.6 Å². The molecule has 24 heavy (non-hydrogen) atoms. The van der Waals surface area contributed by atoms with Crippen LogP contribution in [0.2, 0.25) is 0 Å². The molecule has 0 radical (unpaired) electrons. The number of carboxylic acids is 1. The number of aliphatic hydroxyl groups excluding tert-OH is 1. The smallest absolute Gasteiger partial charge is 0.306 e. The number of ether oxygens (including phenoxy) is 1. The zero-order valence-corrected chi connectivity index (χ0v) is 14.7. The van der Waals surface area contributed by atoms with Crippen molar-refractivity contribution in [2.24, 2.45) is 5.92 Å². The maximum atomic E-state index is 12.0. The summed E-state index contributed by atoms with van der Waals surface area (Å²) in [5.74, 6) is -0.880. The van der Waals surface area contributed by atoms with Crippen molar-refractivity contribution in [3.8, 4) is 5.75 Å². The van der Waals surface area contributed by atoms with E-state index < -0.39 is 11.9 Å². The van der Waals surface area contributed by atoms with Gasteiger partial charge in [0, 0.05) is 29.0 Å². The molecule has 1 aromatic carbocycles. The van der Waals surface area contributed by atoms with Gasteiger partial charge < -0.3 is 14.9 Å². The summed E-state index contributed by atoms with van der Waals surface area (Å²) in [6, 6.07) is 5.97. The fraction of sp³-hybridized carbons (Fsp3) is 0.444. The first-order valence-corrected chi connectivity index (χ1v) is 8.71. The van der Waals surface area contributed by atoms with E-state index in [2.05, 4.69) is 0 Å². The molecule has 130 valence electrons. The number of aryl methyl sites for hydroxylation is 1. The van der Waals surface area contributed by atoms with E-state index in [1.54, 1.807) is 14.0 Å². The maximum Gasteiger partial charge on any atom is 0.306 e. The predicted molar refractivity (Wildman–Crippen MR) is 93.9 cm³/mol. The zero-order valence-electron chi connectivity index (χ0n) is 13.9. The molecule has 1 atom stereocenters. The number of carboxylic acid groups (broad SMARTS) is 1. The van der Waals surface area contributed by atoms with Crippen molar-refractivity contribution in [3.05, 3.63) is 28.6 Å². The molecule has 0 saturated carbocycles. The minimum atomic E-state index is -0.946. The van der Waals surface area contributed by atoms with Gasteiger partial charge in [0.25, 0.3) is 0 Å². The van der Waals surface area contributed by atoms with Crippen LogP contribution in [0.3, 0.4) is 0 Å². The molecule has 1 aromatic heterocycles. The molecule has 6 heteroatoms. The van der Waals surface area contributed by atoms with Crippen LogP contribution in [0.1, 0.15) is 30.2 Å². The van der Waals surface area contributed by atoms with Crippen LogP contribution >= 0.6 is 11.3 Å². The lowest BCUT2D eigenvalue weighted by Gasteiger charge is -2.08. The summed E-state index contributed by atoms with van der Waals surface area (Å²) in [7, 11) is 1.62. The standard InChI is InChI=1S/C18H22O5S/c1-11(18(21)22)6-14(20)9-15-8-13-7-12(4-3-5-19)16(23-2)10-17(13)24-15/h7-8,10-11,19H,3-6,9H2,1-2H3,(H,21,22)/t11-/m0/s1. The lowest BCUT2D eigenvalue weighted by molar-refractivity contribution is -0.143. The number of carbonyl (C=O) groups is 2. The van der Waals surface area contributed by atoms with E-state index in [0.29, 0.717) is 6.42 Å². The molecular weight excluding hydrogens is 328 g/mol. The van der Waals surface area contributed by atoms with Crippen LogP contribution in [0.4, 0.5) is 0 Å². The number of methoxy groups -OCH3 is 1. The van der Waals surface area contributed by atoms with E-state index >= 15 is 0 Å². The Morgan fingerprint density at radius 2 is 2.04 bits per heavy atom. The van der Waals surface area contributed by atoms with Crippen LogP contribution in [0.5, 0.6) is 5.75 Å². The summed E-state index contributed by atoms with van der Waals surface area (Å²) in [4.78, 5) is 23.8. The molecule has 0 aliphatic heterocycles. The Kier molecular flexibility index (Phi) is 6.34. The monoisotopic (exact) mass is 350 g/mol. The van der Waals surface area contributed by atoms with Crippen LogP contribution in [0.15, 0.2) is 18.2 Å². The van der Waals surface area contributed by atoms with E-state index in [1.807, 2.05) is 18.2 Å². The molecule has 1 heterocycles. The Morgan fingerprint density at radius 3 is 2.67 bits per heavy atom. The Morgan fingerprint density at radius 1 is 1.29 bits per heavy atom. The molecule has 0 bridgehead atoms. The summed E-state index contributed by atoms with van der Waals surface area (Å²) >= 11 is 1.53. The topological polar surface area (TPSA) is 83.8 Å². The molecule has 0 aliphatic rings. The van der Waals surface area contributed by atoms with Gasteiger partial charge in [-0.3, -0.25) is 9.59 Å². The molecule has 0 fully saturated rings. The number of thiophene rings is 1. The van der Waals surface area contributed by atoms with E-state index in [9.17, 15) is 9.59 Å². The minimum absolute atomic E-state index is 0.0502. The highest BCUT2D eigenvalue weighted by Crippen LogP contribution is 2.33. The van der Waals surface area contributed by atoms with Gasteiger partial charge >= 0.3 is 5.97 Å². The second-order valence-corrected chi connectivity index (χ2v) is 7.07. The maximum absolute atomic E-state index is 12.0. The molecule has 0 aliphatic carbocycles. The molecule has 0 saturated heterocycles. The Labute approximate surface area is 144 Å². The highest BCUT2D eigenvalue weighted by atomic mass is 32.1. The fourth-order valence-electron chi connectivity index (χ4n) is 2.61. The second kappa shape index (κ2) is 8.26. The van der Waals surface area contributed by atoms with Crippen LogP contribution in [-0.2, 0) is 22.4 Å². The minimum Gasteiger partial charge on any atom is -0.496 e. The van der Waals surface area contributed by atoms with Gasteiger partial charge in [0.2, 0.25) is 0 Å². The van der Waals surface area contributed by atoms with Crippen molar-refractivity contribution in [1.29, 1.82) is 0 Å². The second-order valence-electron chi connectivity index (χ2n) is 5.90. The van der Waals surface area contributed by atoms with Crippen molar-refractivity contribution in [2.75, 3.05) is 13.7 Å². The van der Waals surface area contributed by atoms with Crippen molar-refractivity contribution in [1.82, 2.24) is 0 Å². The van der Waals surface area contributed by atoms with Crippen molar-refractivity contribution in [3.63, 3.8) is 0 Å². The number of Topliss-reactive ketones (excluding diaryl/α,β-unsaturated/α-hetero) is 1. The number of hydrogen-bond acceptors (Lipinski definition) is 5. The lowest BCUT2D eigenvalue weighted by Crippen LogP contribution is -2.15. The van der Waals surface area contributed by atoms with Gasteiger partial charge in [-0.1, -0.05) is 6.92 Å². The van der Waals surface area contributed by atoms with E-state index in [0.717, 1.165) is 32.7 Å². The molecule has 5 nitrogen and oxygen atoms in total. The van der Waals surface area contributed by atoms with Crippen LogP contribution in [0, 0.1) is 5.92 Å². The highest BCUT2D eigenvalue weighted by Gasteiger charge is 2.17. The van der Waals surface area contributed by atoms with E-state index in [-0.39, 0.29) is 25.2 Å². The van der Waals surface area contributed by atoms with Gasteiger partial charge in [-0.2, -0.15) is 0 Å². The largest absolute Gasteiger partial charge is 0.496 e. The number of fused-ring (bicyclic) bond motifs is 1. The zero-order chi connectivity index (χ0) is 17.7. The summed E-state index contributed by atoms with van der Waals surface area (Å²) in [6.45, 7) is 1.68. The molecule has 0 unspecified atom stereocenters. The average Bonchev–Trinajstić information content (AvgIpc) is 2.92. The number of aliphatic carboxylic acids is 1. The van der Waals surface area contributed by atoms with Crippen LogP contribution in [0.25, 0.3) is 10.1 Å². The summed E-state index contributed by atoms with van der Waals surface area (Å²) in [6.07, 6.45) is 1.71. The normalized spacial score (nSPS) is 12.3. The quantitative estimate of drug-likeness (QED) is 0.726. The van der Waals surface area contributed by atoms with Gasteiger partial charge in [0.05, 0.1) is 13.0 Å². The van der Waals surface area contributed by atoms with Crippen LogP contribution in [-0.4, -0.2) is 35.7 Å². The third-order valence-corrected chi connectivity index (χ3v) is 5.00. The first kappa shape index (κ1) is 18.4. The number of carbonyl (C=O) groups excluding carboxylic acids is 1. The molecule has 2 aromatic rings. The summed E-state index contributed by atoms with van der Waals surface area (Å²) in [5.41, 5.74) is 1.04. The first-order chi connectivity index (χ1) is 11.4. The lowest BCUT2D eigenvalue weighted by atomic mass is 10.0. The van der Waals surface area contributed by atoms with E-state index in [1.165, 1.54) is 11.3 Å². The molecule has 2 N–H and O–H groups in total. The number of hydrogen-bond donors (Lipinski definition) is 2. The number of rotatable bonds is 9. The average molecular weight is 350 g/mol. The number of benzene rings is 1. The Balaban J connectivity index is 2.18. The SMILES string of the molecule is COc1cc2sc(CC(=O)C[C@H](C)C(=O)O)cc2cc1CCCO. The Bertz CT molecular complexity index is 734. The molecule has 0 amide bonds. The van der Waals surface area contributed by atoms with Crippen LogP contribution < -0.4 is 4.74 Å². The van der Waals surface area contributed by atoms with Gasteiger partial charge in [-0.25, -0.2) is 0 Å². The van der Waals surface area contributed by atoms with Gasteiger partial charge in [0.1, 0.15) is 11.5 Å². The fourth-order valence-corrected chi connectivity index (χ4v) is 3.71. The third-order valence-electron chi connectivity index (χ3n) is 3.90. The number of aliphatic hydroxyl groups is 1. The highest BCUT2D eigenvalue weighted by molar-refractivity contribution is 7.19. The molecule has 0 spiro atoms. The van der Waals surface area contributed by atoms with Crippen molar-refractivity contribution < 1.29 is 24.5 Å². The third kappa shape index (κ3) is 4.55. The van der Waals surface area contributed by atoms with E-state index in [4.69, 9.17) is 14.9 Å². The van der Waals surface area contributed by atoms with Gasteiger partial charge in [-0.15, -0.1) is 11.3 Å². The number of ketones is 1. The van der Waals surface area contributed by atoms with Crippen molar-refractivity contribution >= 4 is 33.2 Å². The summed E-state index contributed by atoms with van der Waals surface area (Å²) in [5, 5.41) is 18.9.